The lowest BCUT2D eigenvalue weighted by molar-refractivity contribution is 0.326. The van der Waals surface area contributed by atoms with Gasteiger partial charge >= 0.3 is 0 Å². The summed E-state index contributed by atoms with van der Waals surface area (Å²) in [6.07, 6.45) is 0. The van der Waals surface area contributed by atoms with Crippen LogP contribution in [0.5, 0.6) is 5.75 Å². The Kier molecular flexibility index (Phi) is 4.65. The van der Waals surface area contributed by atoms with Crippen molar-refractivity contribution in [2.24, 2.45) is 0 Å². The van der Waals surface area contributed by atoms with Crippen molar-refractivity contribution >= 4 is 21.6 Å². The van der Waals surface area contributed by atoms with Gasteiger partial charge in [0.1, 0.15) is 12.4 Å². The van der Waals surface area contributed by atoms with E-state index in [0.717, 1.165) is 16.8 Å². The van der Waals surface area contributed by atoms with Crippen LogP contribution in [0.1, 0.15) is 0 Å². The smallest absolute Gasteiger partial charge is 0.120 e. The summed E-state index contributed by atoms with van der Waals surface area (Å²) in [5, 5.41) is 0. The normalized spacial score (nSPS) is 10.1. The maximum absolute atomic E-state index is 5.71. The third-order valence-corrected chi connectivity index (χ3v) is 3.18. The van der Waals surface area contributed by atoms with Gasteiger partial charge in [0.05, 0.1) is 6.54 Å². The second-order valence-corrected chi connectivity index (χ2v) is 4.98. The molecule has 2 rings (SSSR count). The van der Waals surface area contributed by atoms with Crippen molar-refractivity contribution < 1.29 is 4.74 Å². The zero-order valence-corrected chi connectivity index (χ0v) is 11.9. The van der Waals surface area contributed by atoms with Gasteiger partial charge in [0, 0.05) is 17.2 Å². The molecule has 94 valence electrons. The van der Waals surface area contributed by atoms with Gasteiger partial charge in [-0.25, -0.2) is 0 Å². The highest BCUT2D eigenvalue weighted by Crippen LogP contribution is 2.18. The molecule has 0 fully saturated rings. The molecule has 2 nitrogen and oxygen atoms in total. The number of nitrogens with zero attached hydrogens (tertiary/aromatic N) is 1. The quantitative estimate of drug-likeness (QED) is 0.829. The van der Waals surface area contributed by atoms with Crippen molar-refractivity contribution in [2.45, 2.75) is 0 Å². The van der Waals surface area contributed by atoms with Gasteiger partial charge in [-0.1, -0.05) is 40.2 Å². The number of hydrogen-bond donors (Lipinski definition) is 0. The van der Waals surface area contributed by atoms with Gasteiger partial charge in [0.2, 0.25) is 0 Å². The summed E-state index contributed by atoms with van der Waals surface area (Å²) in [7, 11) is 2.07. The summed E-state index contributed by atoms with van der Waals surface area (Å²) >= 11 is 3.43. The summed E-state index contributed by atoms with van der Waals surface area (Å²) < 4.78 is 6.75. The number of para-hydroxylation sites is 1. The largest absolute Gasteiger partial charge is 0.492 e. The standard InChI is InChI=1S/C15H16BrNO/c1-17(14-7-3-2-4-8-14)10-11-18-15-9-5-6-13(16)12-15/h2-9,12H,10-11H2,1H3. The Balaban J connectivity index is 1.82. The van der Waals surface area contributed by atoms with Crippen LogP contribution in [-0.2, 0) is 0 Å². The monoisotopic (exact) mass is 305 g/mol. The molecular formula is C15H16BrNO. The summed E-state index contributed by atoms with van der Waals surface area (Å²) in [5.41, 5.74) is 1.20. The van der Waals surface area contributed by atoms with Gasteiger partial charge in [-0.15, -0.1) is 0 Å². The van der Waals surface area contributed by atoms with Gasteiger partial charge in [-0.05, 0) is 30.3 Å². The Morgan fingerprint density at radius 2 is 1.83 bits per heavy atom. The molecule has 2 aromatic rings. The van der Waals surface area contributed by atoms with Crippen LogP contribution in [0.15, 0.2) is 59.1 Å². The van der Waals surface area contributed by atoms with Gasteiger partial charge in [-0.2, -0.15) is 0 Å². The number of likely N-dealkylation sites (N-methyl/N-ethyl adjacent to an activating group) is 1. The molecule has 0 saturated carbocycles. The fraction of sp³-hybridized carbons (Fsp3) is 0.200. The molecule has 0 N–H and O–H groups in total. The van der Waals surface area contributed by atoms with Crippen molar-refractivity contribution in [3.8, 4) is 5.75 Å². The molecule has 0 radical (unpaired) electrons. The number of hydrogen-bond acceptors (Lipinski definition) is 2. The van der Waals surface area contributed by atoms with Crippen molar-refractivity contribution in [3.05, 3.63) is 59.1 Å². The predicted octanol–water partition coefficient (Wildman–Crippen LogP) is 3.96. The third-order valence-electron chi connectivity index (χ3n) is 2.69. The Labute approximate surface area is 116 Å². The summed E-state index contributed by atoms with van der Waals surface area (Å²) in [4.78, 5) is 2.18. The highest BCUT2D eigenvalue weighted by Gasteiger charge is 2.00. The SMILES string of the molecule is CN(CCOc1cccc(Br)c1)c1ccccc1. The number of ether oxygens (including phenoxy) is 1. The molecule has 3 heteroatoms. The van der Waals surface area contributed by atoms with Gasteiger partial charge in [0.25, 0.3) is 0 Å². The average molecular weight is 306 g/mol. The zero-order chi connectivity index (χ0) is 12.8. The Hall–Kier alpha value is -1.48. The average Bonchev–Trinajstić information content (AvgIpc) is 2.40. The maximum atomic E-state index is 5.71. The minimum absolute atomic E-state index is 0.668. The van der Waals surface area contributed by atoms with Crippen LogP contribution in [0.4, 0.5) is 5.69 Å². The van der Waals surface area contributed by atoms with E-state index in [9.17, 15) is 0 Å². The van der Waals surface area contributed by atoms with E-state index in [1.54, 1.807) is 0 Å². The third kappa shape index (κ3) is 3.77. The van der Waals surface area contributed by atoms with Crippen molar-refractivity contribution in [2.75, 3.05) is 25.1 Å². The first-order valence-electron chi connectivity index (χ1n) is 5.90. The number of benzene rings is 2. The number of rotatable bonds is 5. The molecule has 0 aromatic heterocycles. The van der Waals surface area contributed by atoms with E-state index in [1.165, 1.54) is 5.69 Å². The van der Waals surface area contributed by atoms with Crippen molar-refractivity contribution in [1.82, 2.24) is 0 Å². The van der Waals surface area contributed by atoms with Crippen LogP contribution >= 0.6 is 15.9 Å². The van der Waals surface area contributed by atoms with E-state index in [4.69, 9.17) is 4.74 Å². The first kappa shape index (κ1) is 13.0. The molecule has 0 aliphatic heterocycles. The molecule has 0 aliphatic carbocycles. The Bertz CT molecular complexity index is 487. The van der Waals surface area contributed by atoms with E-state index in [0.29, 0.717) is 6.61 Å². The van der Waals surface area contributed by atoms with Crippen LogP contribution in [0, 0.1) is 0 Å². The van der Waals surface area contributed by atoms with Crippen LogP contribution in [-0.4, -0.2) is 20.2 Å². The minimum atomic E-state index is 0.668. The first-order valence-corrected chi connectivity index (χ1v) is 6.69. The molecular weight excluding hydrogens is 290 g/mol. The second kappa shape index (κ2) is 6.45. The van der Waals surface area contributed by atoms with E-state index < -0.39 is 0 Å². The maximum Gasteiger partial charge on any atom is 0.120 e. The van der Waals surface area contributed by atoms with Gasteiger partial charge in [-0.3, -0.25) is 0 Å². The van der Waals surface area contributed by atoms with E-state index >= 15 is 0 Å². The van der Waals surface area contributed by atoms with E-state index in [-0.39, 0.29) is 0 Å². The molecule has 2 aromatic carbocycles. The molecule has 0 spiro atoms. The van der Waals surface area contributed by atoms with Gasteiger partial charge < -0.3 is 9.64 Å². The van der Waals surface area contributed by atoms with Crippen LogP contribution in [0.2, 0.25) is 0 Å². The van der Waals surface area contributed by atoms with E-state index in [1.807, 2.05) is 42.5 Å². The topological polar surface area (TPSA) is 12.5 Å². The molecule has 0 heterocycles. The highest BCUT2D eigenvalue weighted by molar-refractivity contribution is 9.10. The van der Waals surface area contributed by atoms with Crippen molar-refractivity contribution in [3.63, 3.8) is 0 Å². The lowest BCUT2D eigenvalue weighted by Gasteiger charge is -2.19. The molecule has 18 heavy (non-hydrogen) atoms. The first-order chi connectivity index (χ1) is 8.75. The second-order valence-electron chi connectivity index (χ2n) is 4.06. The van der Waals surface area contributed by atoms with Crippen LogP contribution < -0.4 is 9.64 Å². The number of halogens is 1. The Morgan fingerprint density at radius 3 is 2.56 bits per heavy atom. The molecule has 0 aliphatic rings. The van der Waals surface area contributed by atoms with Gasteiger partial charge in [0.15, 0.2) is 0 Å². The molecule has 0 bridgehead atoms. The predicted molar refractivity (Wildman–Crippen MR) is 79.3 cm³/mol. The van der Waals surface area contributed by atoms with Crippen molar-refractivity contribution in [1.29, 1.82) is 0 Å². The Morgan fingerprint density at radius 1 is 1.06 bits per heavy atom. The van der Waals surface area contributed by atoms with E-state index in [2.05, 4.69) is 40.0 Å². The summed E-state index contributed by atoms with van der Waals surface area (Å²) in [5.74, 6) is 0.894. The summed E-state index contributed by atoms with van der Waals surface area (Å²) in [6.45, 7) is 1.53. The highest BCUT2D eigenvalue weighted by atomic mass is 79.9. The lowest BCUT2D eigenvalue weighted by atomic mass is 10.3. The molecule has 0 atom stereocenters. The lowest BCUT2D eigenvalue weighted by Crippen LogP contribution is -2.23. The zero-order valence-electron chi connectivity index (χ0n) is 10.3. The van der Waals surface area contributed by atoms with Crippen LogP contribution in [0.25, 0.3) is 0 Å². The molecule has 0 unspecified atom stereocenters. The molecule has 0 saturated heterocycles. The van der Waals surface area contributed by atoms with Crippen LogP contribution in [0.3, 0.4) is 0 Å². The molecule has 0 amide bonds. The minimum Gasteiger partial charge on any atom is -0.492 e. The number of anilines is 1. The fourth-order valence-electron chi connectivity index (χ4n) is 1.67. The summed E-state index contributed by atoms with van der Waals surface area (Å²) in [6, 6.07) is 18.2. The fourth-order valence-corrected chi connectivity index (χ4v) is 2.05.